The summed E-state index contributed by atoms with van der Waals surface area (Å²) in [4.78, 5) is 28.7. The number of guanidine groups is 1. The minimum absolute atomic E-state index is 0. The van der Waals surface area contributed by atoms with Gasteiger partial charge in [-0.05, 0) is 26.2 Å². The van der Waals surface area contributed by atoms with Gasteiger partial charge in [-0.1, -0.05) is 13.8 Å². The van der Waals surface area contributed by atoms with Crippen LogP contribution in [-0.4, -0.2) is 83.9 Å². The Kier molecular flexibility index (Phi) is 10.8. The van der Waals surface area contributed by atoms with Crippen molar-refractivity contribution in [1.29, 1.82) is 0 Å². The summed E-state index contributed by atoms with van der Waals surface area (Å²) in [5.74, 6) is 1.71. The Morgan fingerprint density at radius 1 is 1.13 bits per heavy atom. The first-order valence-corrected chi connectivity index (χ1v) is 11.9. The van der Waals surface area contributed by atoms with Crippen LogP contribution in [0.5, 0.6) is 0 Å². The first-order chi connectivity index (χ1) is 14.1. The third-order valence-corrected chi connectivity index (χ3v) is 6.72. The number of nitrogens with zero attached hydrogens (tertiary/aromatic N) is 5. The van der Waals surface area contributed by atoms with Crippen LogP contribution in [0.2, 0.25) is 0 Å². The molecule has 0 aliphatic carbocycles. The van der Waals surface area contributed by atoms with Gasteiger partial charge < -0.3 is 15.1 Å². The number of aliphatic imine (C=N–C) groups is 1. The zero-order chi connectivity index (χ0) is 20.6. The van der Waals surface area contributed by atoms with Crippen molar-refractivity contribution < 1.29 is 4.79 Å². The summed E-state index contributed by atoms with van der Waals surface area (Å²) in [7, 11) is 0. The molecule has 0 saturated carbocycles. The maximum atomic E-state index is 12.5. The number of piperazine rings is 1. The number of rotatable bonds is 6. The van der Waals surface area contributed by atoms with E-state index in [4.69, 9.17) is 9.98 Å². The molecule has 2 fully saturated rings. The lowest BCUT2D eigenvalue weighted by Crippen LogP contribution is -2.54. The van der Waals surface area contributed by atoms with Gasteiger partial charge >= 0.3 is 0 Å². The van der Waals surface area contributed by atoms with Crippen LogP contribution in [0.15, 0.2) is 10.4 Å². The van der Waals surface area contributed by atoms with E-state index in [1.54, 1.807) is 11.3 Å². The van der Waals surface area contributed by atoms with Crippen molar-refractivity contribution in [3.05, 3.63) is 16.1 Å². The Morgan fingerprint density at radius 3 is 2.43 bits per heavy atom. The number of thiazole rings is 1. The molecule has 1 N–H and O–H groups in total. The van der Waals surface area contributed by atoms with Gasteiger partial charge in [0.15, 0.2) is 5.96 Å². The average Bonchev–Trinajstić information content (AvgIpc) is 3.22. The predicted octanol–water partition coefficient (Wildman–Crippen LogP) is 2.98. The monoisotopic (exact) mass is 548 g/mol. The molecule has 9 heteroatoms. The number of carbonyl (C=O) groups is 1. The fourth-order valence-electron chi connectivity index (χ4n) is 3.79. The van der Waals surface area contributed by atoms with Crippen molar-refractivity contribution in [3.8, 4) is 0 Å². The summed E-state index contributed by atoms with van der Waals surface area (Å²) in [6.45, 7) is 13.9. The van der Waals surface area contributed by atoms with Gasteiger partial charge in [-0.2, -0.15) is 0 Å². The fourth-order valence-corrected chi connectivity index (χ4v) is 4.62. The summed E-state index contributed by atoms with van der Waals surface area (Å²) in [6, 6.07) is 0. The van der Waals surface area contributed by atoms with Crippen LogP contribution in [0.4, 0.5) is 0 Å². The highest BCUT2D eigenvalue weighted by molar-refractivity contribution is 14.0. The lowest BCUT2D eigenvalue weighted by atomic mass is 10.1. The van der Waals surface area contributed by atoms with E-state index in [0.717, 1.165) is 70.3 Å². The van der Waals surface area contributed by atoms with E-state index in [9.17, 15) is 4.79 Å². The van der Waals surface area contributed by atoms with Gasteiger partial charge in [0.25, 0.3) is 0 Å². The number of amides is 1. The van der Waals surface area contributed by atoms with E-state index < -0.39 is 0 Å². The van der Waals surface area contributed by atoms with Crippen LogP contribution < -0.4 is 5.32 Å². The number of aromatic nitrogens is 1. The summed E-state index contributed by atoms with van der Waals surface area (Å²) < 4.78 is 0. The smallest absolute Gasteiger partial charge is 0.236 e. The molecule has 3 rings (SSSR count). The van der Waals surface area contributed by atoms with E-state index in [0.29, 0.717) is 24.9 Å². The molecule has 1 aromatic heterocycles. The zero-order valence-corrected chi connectivity index (χ0v) is 21.7. The highest BCUT2D eigenvalue weighted by Gasteiger charge is 2.24. The minimum Gasteiger partial charge on any atom is -0.357 e. The number of nitrogens with one attached hydrogen (secondary N) is 1. The zero-order valence-electron chi connectivity index (χ0n) is 18.6. The van der Waals surface area contributed by atoms with Gasteiger partial charge in [0, 0.05) is 57.1 Å². The van der Waals surface area contributed by atoms with Crippen LogP contribution in [0, 0.1) is 0 Å². The molecule has 3 heterocycles. The molecule has 170 valence electrons. The first kappa shape index (κ1) is 25.3. The molecular formula is C21H37IN6OS. The quantitative estimate of drug-likeness (QED) is 0.337. The number of likely N-dealkylation sites (tertiary alicyclic amines) is 1. The van der Waals surface area contributed by atoms with E-state index >= 15 is 0 Å². The largest absolute Gasteiger partial charge is 0.357 e. The third kappa shape index (κ3) is 7.33. The topological polar surface area (TPSA) is 64.1 Å². The van der Waals surface area contributed by atoms with Crippen LogP contribution in [0.25, 0.3) is 0 Å². The van der Waals surface area contributed by atoms with Crippen molar-refractivity contribution in [2.24, 2.45) is 4.99 Å². The number of halogens is 1. The highest BCUT2D eigenvalue weighted by Crippen LogP contribution is 2.19. The summed E-state index contributed by atoms with van der Waals surface area (Å²) in [5.41, 5.74) is 1.04. The minimum atomic E-state index is 0. The van der Waals surface area contributed by atoms with Crippen LogP contribution in [0.1, 0.15) is 56.7 Å². The molecule has 2 aliphatic rings. The van der Waals surface area contributed by atoms with E-state index in [1.807, 2.05) is 4.90 Å². The Hall–Kier alpha value is -0.940. The first-order valence-electron chi connectivity index (χ1n) is 11.0. The van der Waals surface area contributed by atoms with Crippen molar-refractivity contribution in [1.82, 2.24) is 25.0 Å². The molecule has 7 nitrogen and oxygen atoms in total. The van der Waals surface area contributed by atoms with Crippen molar-refractivity contribution in [3.63, 3.8) is 0 Å². The summed E-state index contributed by atoms with van der Waals surface area (Å²) in [6.07, 6.45) is 3.56. The van der Waals surface area contributed by atoms with Gasteiger partial charge in [-0.25, -0.2) is 9.98 Å². The molecule has 1 amide bonds. The summed E-state index contributed by atoms with van der Waals surface area (Å²) >= 11 is 1.72. The second-order valence-electron chi connectivity index (χ2n) is 8.21. The third-order valence-electron chi connectivity index (χ3n) is 5.53. The molecule has 0 aromatic carbocycles. The lowest BCUT2D eigenvalue weighted by molar-refractivity contribution is -0.133. The van der Waals surface area contributed by atoms with Crippen molar-refractivity contribution >= 4 is 47.2 Å². The van der Waals surface area contributed by atoms with Crippen LogP contribution >= 0.6 is 35.3 Å². The Bertz CT molecular complexity index is 681. The van der Waals surface area contributed by atoms with Crippen LogP contribution in [-0.2, 0) is 11.3 Å². The fraction of sp³-hybridized carbons (Fsp3) is 0.762. The molecular weight excluding hydrogens is 511 g/mol. The molecule has 0 unspecified atom stereocenters. The van der Waals surface area contributed by atoms with E-state index in [2.05, 4.69) is 41.3 Å². The van der Waals surface area contributed by atoms with Gasteiger partial charge in [0.05, 0.1) is 23.8 Å². The number of hydrogen-bond donors (Lipinski definition) is 1. The molecule has 2 saturated heterocycles. The molecule has 0 bridgehead atoms. The lowest BCUT2D eigenvalue weighted by Gasteiger charge is -2.37. The van der Waals surface area contributed by atoms with E-state index in [1.165, 1.54) is 11.4 Å². The number of carbonyl (C=O) groups excluding carboxylic acids is 1. The highest BCUT2D eigenvalue weighted by atomic mass is 127. The Morgan fingerprint density at radius 2 is 1.83 bits per heavy atom. The summed E-state index contributed by atoms with van der Waals surface area (Å²) in [5, 5.41) is 6.71. The second-order valence-corrected chi connectivity index (χ2v) is 9.10. The Balaban J connectivity index is 0.00000320. The van der Waals surface area contributed by atoms with Crippen molar-refractivity contribution in [2.45, 2.75) is 52.5 Å². The van der Waals surface area contributed by atoms with Gasteiger partial charge in [0.2, 0.25) is 5.91 Å². The number of piperidine rings is 1. The molecule has 0 atom stereocenters. The molecule has 1 aromatic rings. The average molecular weight is 549 g/mol. The number of hydrogen-bond acceptors (Lipinski definition) is 5. The van der Waals surface area contributed by atoms with Crippen molar-refractivity contribution in [2.75, 3.05) is 52.4 Å². The molecule has 0 radical (unpaired) electrons. The normalized spacial score (nSPS) is 18.5. The van der Waals surface area contributed by atoms with Gasteiger partial charge in [-0.15, -0.1) is 35.3 Å². The maximum absolute atomic E-state index is 12.5. The van der Waals surface area contributed by atoms with Gasteiger partial charge in [0.1, 0.15) is 0 Å². The maximum Gasteiger partial charge on any atom is 0.236 e. The van der Waals surface area contributed by atoms with Crippen LogP contribution in [0.3, 0.4) is 0 Å². The SMILES string of the molecule is CCNC(=NCc1csc(C(C)C)n1)N1CCN(CC(=O)N2CCCCC2)CC1.I. The predicted molar refractivity (Wildman–Crippen MR) is 135 cm³/mol. The molecule has 2 aliphatic heterocycles. The van der Waals surface area contributed by atoms with E-state index in [-0.39, 0.29) is 24.0 Å². The molecule has 30 heavy (non-hydrogen) atoms. The molecule has 0 spiro atoms. The Labute approximate surface area is 202 Å². The van der Waals surface area contributed by atoms with Gasteiger partial charge in [-0.3, -0.25) is 9.69 Å². The second kappa shape index (κ2) is 12.8. The standard InChI is InChI=1S/C21H36N6OS.HI/c1-4-22-21(23-14-18-16-29-20(24-18)17(2)3)27-12-10-25(11-13-27)15-19(28)26-8-6-5-7-9-26;/h16-17H,4-15H2,1-3H3,(H,22,23);1H.